The van der Waals surface area contributed by atoms with Crippen molar-refractivity contribution in [3.05, 3.63) is 35.2 Å². The number of carbonyl (C=O) groups excluding carboxylic acids is 1. The highest BCUT2D eigenvalue weighted by Gasteiger charge is 2.22. The van der Waals surface area contributed by atoms with E-state index in [2.05, 4.69) is 30.4 Å². The summed E-state index contributed by atoms with van der Waals surface area (Å²) in [5.41, 5.74) is 0.678. The third-order valence-corrected chi connectivity index (χ3v) is 6.23. The normalized spacial score (nSPS) is 11.7. The van der Waals surface area contributed by atoms with E-state index in [1.807, 2.05) is 0 Å². The second kappa shape index (κ2) is 8.31. The largest absolute Gasteiger partial charge is 0.338 e. The molecule has 2 heterocycles. The first-order valence-corrected chi connectivity index (χ1v) is 10.6. The Morgan fingerprint density at radius 1 is 1.25 bits per heavy atom. The Hall–Kier alpha value is -2.41. The summed E-state index contributed by atoms with van der Waals surface area (Å²) in [5.74, 6) is -0.171. The molecular formula is C15H15ClN6O4S2. The van der Waals surface area contributed by atoms with Gasteiger partial charge in [0.25, 0.3) is 10.0 Å². The molecule has 0 aliphatic rings. The summed E-state index contributed by atoms with van der Waals surface area (Å²) >= 11 is 6.57. The van der Waals surface area contributed by atoms with Crippen molar-refractivity contribution in [1.29, 1.82) is 0 Å². The Bertz CT molecular complexity index is 1080. The Kier molecular flexibility index (Phi) is 6.03. The van der Waals surface area contributed by atoms with Crippen LogP contribution in [-0.2, 0) is 21.4 Å². The van der Waals surface area contributed by atoms with Gasteiger partial charge >= 0.3 is 0 Å². The van der Waals surface area contributed by atoms with Gasteiger partial charge in [-0.1, -0.05) is 41.9 Å². The lowest BCUT2D eigenvalue weighted by atomic mass is 10.2. The fraction of sp³-hybridized carbons (Fsp3) is 0.267. The first-order valence-electron chi connectivity index (χ1n) is 7.97. The maximum atomic E-state index is 12.3. The third-order valence-electron chi connectivity index (χ3n) is 3.37. The Labute approximate surface area is 169 Å². The summed E-state index contributed by atoms with van der Waals surface area (Å²) in [5, 5.41) is 14.2. The van der Waals surface area contributed by atoms with Crippen LogP contribution in [-0.4, -0.2) is 34.7 Å². The van der Waals surface area contributed by atoms with Gasteiger partial charge in [-0.2, -0.15) is 9.71 Å². The number of sulfonamides is 1. The van der Waals surface area contributed by atoms with Crippen LogP contribution in [0.25, 0.3) is 11.4 Å². The Balaban J connectivity index is 1.65. The molecule has 0 aliphatic carbocycles. The summed E-state index contributed by atoms with van der Waals surface area (Å²) in [6.07, 6.45) is 0. The van der Waals surface area contributed by atoms with E-state index in [4.69, 9.17) is 16.1 Å². The van der Waals surface area contributed by atoms with Crippen LogP contribution < -0.4 is 10.0 Å². The Morgan fingerprint density at radius 3 is 2.64 bits per heavy atom. The summed E-state index contributed by atoms with van der Waals surface area (Å²) in [6.45, 7) is 3.19. The van der Waals surface area contributed by atoms with Gasteiger partial charge in [-0.05, 0) is 24.3 Å². The number of hydrogen-bond acceptors (Lipinski definition) is 9. The first kappa shape index (κ1) is 20.3. The monoisotopic (exact) mass is 442 g/mol. The van der Waals surface area contributed by atoms with Gasteiger partial charge in [0.1, 0.15) is 0 Å². The van der Waals surface area contributed by atoms with Crippen molar-refractivity contribution in [3.63, 3.8) is 0 Å². The fourth-order valence-corrected chi connectivity index (χ4v) is 3.92. The average Bonchev–Trinajstić information content (AvgIpc) is 3.30. The van der Waals surface area contributed by atoms with Gasteiger partial charge in [0, 0.05) is 16.5 Å². The molecule has 13 heteroatoms. The van der Waals surface area contributed by atoms with Crippen molar-refractivity contribution in [3.8, 4) is 11.4 Å². The molecule has 3 rings (SSSR count). The quantitative estimate of drug-likeness (QED) is 0.531. The van der Waals surface area contributed by atoms with Gasteiger partial charge in [0.15, 0.2) is 0 Å². The molecule has 0 radical (unpaired) electrons. The van der Waals surface area contributed by atoms with Gasteiger partial charge in [0.2, 0.25) is 27.1 Å². The zero-order valence-electron chi connectivity index (χ0n) is 14.7. The number of rotatable bonds is 7. The molecule has 148 valence electrons. The molecule has 0 unspecified atom stereocenters. The number of anilines is 1. The minimum absolute atomic E-state index is 0.0753. The molecule has 28 heavy (non-hydrogen) atoms. The molecule has 2 aromatic heterocycles. The number of nitrogens with zero attached hydrogens (tertiary/aromatic N) is 4. The van der Waals surface area contributed by atoms with Crippen LogP contribution in [0.2, 0.25) is 5.02 Å². The summed E-state index contributed by atoms with van der Waals surface area (Å²) in [6, 6.07) is 6.80. The first-order chi connectivity index (χ1) is 13.2. The summed E-state index contributed by atoms with van der Waals surface area (Å²) in [4.78, 5) is 15.8. The highest BCUT2D eigenvalue weighted by molar-refractivity contribution is 7.91. The molecule has 0 fully saturated rings. The van der Waals surface area contributed by atoms with Gasteiger partial charge in [-0.3, -0.25) is 4.79 Å². The van der Waals surface area contributed by atoms with E-state index in [-0.39, 0.29) is 33.7 Å². The van der Waals surface area contributed by atoms with Crippen molar-refractivity contribution >= 4 is 44.0 Å². The number of benzene rings is 1. The lowest BCUT2D eigenvalue weighted by molar-refractivity contribution is -0.118. The number of aromatic nitrogens is 4. The van der Waals surface area contributed by atoms with Crippen LogP contribution in [0.5, 0.6) is 0 Å². The van der Waals surface area contributed by atoms with Crippen LogP contribution in [0, 0.1) is 5.92 Å². The molecule has 0 saturated carbocycles. The van der Waals surface area contributed by atoms with Crippen molar-refractivity contribution < 1.29 is 17.7 Å². The zero-order valence-corrected chi connectivity index (χ0v) is 17.1. The van der Waals surface area contributed by atoms with Crippen LogP contribution in [0.3, 0.4) is 0 Å². The fourth-order valence-electron chi connectivity index (χ4n) is 1.88. The van der Waals surface area contributed by atoms with E-state index in [0.29, 0.717) is 16.4 Å². The maximum absolute atomic E-state index is 12.3. The number of hydrogen-bond donors (Lipinski definition) is 2. The SMILES string of the molecule is CC(C)C(=O)Nc1nnc(S(=O)(=O)NCc2nc(-c3ccc(Cl)cc3)no2)s1. The Morgan fingerprint density at radius 2 is 1.96 bits per heavy atom. The van der Waals surface area contributed by atoms with Gasteiger partial charge in [0.05, 0.1) is 6.54 Å². The molecule has 0 aliphatic heterocycles. The van der Waals surface area contributed by atoms with E-state index < -0.39 is 10.0 Å². The van der Waals surface area contributed by atoms with Crippen molar-refractivity contribution in [2.45, 2.75) is 24.7 Å². The van der Waals surface area contributed by atoms with Gasteiger partial charge < -0.3 is 9.84 Å². The predicted octanol–water partition coefficient (Wildman–Crippen LogP) is 2.31. The molecule has 0 bridgehead atoms. The summed E-state index contributed by atoms with van der Waals surface area (Å²) < 4.78 is 31.7. The minimum Gasteiger partial charge on any atom is -0.338 e. The standard InChI is InChI=1S/C15H15ClN6O4S2/c1-8(2)13(23)19-14-20-21-15(27-14)28(24,25)17-7-11-18-12(22-26-11)9-3-5-10(16)6-4-9/h3-6,8,17H,7H2,1-2H3,(H,19,20,23). The molecule has 0 atom stereocenters. The second-order valence-electron chi connectivity index (χ2n) is 5.86. The average molecular weight is 443 g/mol. The van der Waals surface area contributed by atoms with E-state index in [0.717, 1.165) is 11.3 Å². The molecule has 0 saturated heterocycles. The topological polar surface area (TPSA) is 140 Å². The second-order valence-corrected chi connectivity index (χ2v) is 9.21. The smallest absolute Gasteiger partial charge is 0.270 e. The molecule has 1 aromatic carbocycles. The van der Waals surface area contributed by atoms with E-state index in [9.17, 15) is 13.2 Å². The molecule has 2 N–H and O–H groups in total. The predicted molar refractivity (Wildman–Crippen MR) is 102 cm³/mol. The molecule has 1 amide bonds. The highest BCUT2D eigenvalue weighted by atomic mass is 35.5. The molecule has 10 nitrogen and oxygen atoms in total. The maximum Gasteiger partial charge on any atom is 0.270 e. The van der Waals surface area contributed by atoms with Crippen LogP contribution in [0.1, 0.15) is 19.7 Å². The van der Waals surface area contributed by atoms with Crippen LogP contribution >= 0.6 is 22.9 Å². The summed E-state index contributed by atoms with van der Waals surface area (Å²) in [7, 11) is -3.96. The number of nitrogens with one attached hydrogen (secondary N) is 2. The van der Waals surface area contributed by atoms with E-state index in [1.54, 1.807) is 38.1 Å². The van der Waals surface area contributed by atoms with Crippen LogP contribution in [0.15, 0.2) is 33.1 Å². The van der Waals surface area contributed by atoms with Crippen LogP contribution in [0.4, 0.5) is 5.13 Å². The number of carbonyl (C=O) groups is 1. The lowest BCUT2D eigenvalue weighted by Crippen LogP contribution is -2.23. The number of amides is 1. The van der Waals surface area contributed by atoms with Crippen molar-refractivity contribution in [1.82, 2.24) is 25.1 Å². The lowest BCUT2D eigenvalue weighted by Gasteiger charge is -2.02. The van der Waals surface area contributed by atoms with Gasteiger partial charge in [-0.25, -0.2) is 8.42 Å². The van der Waals surface area contributed by atoms with Crippen molar-refractivity contribution in [2.24, 2.45) is 5.92 Å². The molecular weight excluding hydrogens is 428 g/mol. The van der Waals surface area contributed by atoms with Gasteiger partial charge in [-0.15, -0.1) is 10.2 Å². The highest BCUT2D eigenvalue weighted by Crippen LogP contribution is 2.21. The minimum atomic E-state index is -3.96. The van der Waals surface area contributed by atoms with E-state index in [1.165, 1.54) is 0 Å². The van der Waals surface area contributed by atoms with E-state index >= 15 is 0 Å². The molecule has 3 aromatic rings. The zero-order chi connectivity index (χ0) is 20.3. The molecule has 0 spiro atoms. The third kappa shape index (κ3) is 4.90. The van der Waals surface area contributed by atoms with Crippen molar-refractivity contribution in [2.75, 3.05) is 5.32 Å². The number of halogens is 1.